The van der Waals surface area contributed by atoms with Crippen molar-refractivity contribution < 1.29 is 16.8 Å². The van der Waals surface area contributed by atoms with E-state index < -0.39 is 29.8 Å². The summed E-state index contributed by atoms with van der Waals surface area (Å²) in [6, 6.07) is 4.65. The van der Waals surface area contributed by atoms with E-state index in [4.69, 9.17) is 11.5 Å². The summed E-state index contributed by atoms with van der Waals surface area (Å²) in [5, 5.41) is -1.35. The van der Waals surface area contributed by atoms with Gasteiger partial charge in [-0.25, -0.2) is 16.8 Å². The van der Waals surface area contributed by atoms with Crippen molar-refractivity contribution in [1.29, 1.82) is 0 Å². The highest BCUT2D eigenvalue weighted by Gasteiger charge is 2.52. The Balaban J connectivity index is 2.90. The van der Waals surface area contributed by atoms with Gasteiger partial charge in [-0.15, -0.1) is 0 Å². The van der Waals surface area contributed by atoms with Crippen molar-refractivity contribution in [2.24, 2.45) is 5.73 Å². The molecule has 4 N–H and O–H groups in total. The Morgan fingerprint density at radius 2 is 1.75 bits per heavy atom. The van der Waals surface area contributed by atoms with E-state index in [1.165, 1.54) is 18.2 Å². The lowest BCUT2D eigenvalue weighted by atomic mass is 9.91. The number of sulfone groups is 2. The molecule has 2 atom stereocenters. The third-order valence-electron chi connectivity index (χ3n) is 3.50. The fraction of sp³-hybridized carbons (Fsp3) is 0.333. The largest absolute Gasteiger partial charge is 0.398 e. The quantitative estimate of drug-likeness (QED) is 0.733. The van der Waals surface area contributed by atoms with Gasteiger partial charge in [-0.3, -0.25) is 0 Å². The molecule has 0 heterocycles. The second-order valence-corrected chi connectivity index (χ2v) is 9.37. The van der Waals surface area contributed by atoms with Crippen LogP contribution in [0.25, 0.3) is 6.08 Å². The minimum absolute atomic E-state index is 0.206. The molecule has 0 saturated heterocycles. The van der Waals surface area contributed by atoms with Crippen LogP contribution in [0.2, 0.25) is 0 Å². The molecule has 1 aromatic carbocycles. The Bertz CT molecular complexity index is 797. The SMILES string of the molecule is CS(=O)(=O)C1C=Cc2c(N)cccc2C1(N)S(C)(=O)=O. The van der Waals surface area contributed by atoms with Gasteiger partial charge in [0.2, 0.25) is 0 Å². The highest BCUT2D eigenvalue weighted by molar-refractivity contribution is 7.95. The first-order valence-electron chi connectivity index (χ1n) is 5.74. The van der Waals surface area contributed by atoms with Gasteiger partial charge in [0, 0.05) is 23.8 Å². The monoisotopic (exact) mass is 316 g/mol. The van der Waals surface area contributed by atoms with Gasteiger partial charge >= 0.3 is 0 Å². The molecule has 1 aliphatic carbocycles. The Morgan fingerprint density at radius 1 is 1.15 bits per heavy atom. The van der Waals surface area contributed by atoms with Gasteiger partial charge in [-0.05, 0) is 11.6 Å². The molecule has 2 unspecified atom stereocenters. The van der Waals surface area contributed by atoms with Crippen LogP contribution in [0.4, 0.5) is 5.69 Å². The minimum Gasteiger partial charge on any atom is -0.398 e. The molecule has 0 radical (unpaired) electrons. The first-order valence-corrected chi connectivity index (χ1v) is 9.58. The smallest absolute Gasteiger partial charge is 0.171 e. The summed E-state index contributed by atoms with van der Waals surface area (Å²) < 4.78 is 48.2. The fourth-order valence-electron chi connectivity index (χ4n) is 2.46. The molecule has 0 aromatic heterocycles. The highest BCUT2D eigenvalue weighted by atomic mass is 32.2. The predicted molar refractivity (Wildman–Crippen MR) is 79.2 cm³/mol. The summed E-state index contributed by atoms with van der Waals surface area (Å²) in [5.41, 5.74) is 12.9. The van der Waals surface area contributed by atoms with Crippen LogP contribution in [0.5, 0.6) is 0 Å². The van der Waals surface area contributed by atoms with Crippen LogP contribution in [0.3, 0.4) is 0 Å². The van der Waals surface area contributed by atoms with Crippen molar-refractivity contribution in [3.05, 3.63) is 35.4 Å². The van der Waals surface area contributed by atoms with E-state index in [0.29, 0.717) is 11.3 Å². The molecule has 6 nitrogen and oxygen atoms in total. The molecule has 1 aliphatic rings. The van der Waals surface area contributed by atoms with Crippen molar-refractivity contribution in [3.63, 3.8) is 0 Å². The van der Waals surface area contributed by atoms with Gasteiger partial charge in [0.25, 0.3) is 0 Å². The Morgan fingerprint density at radius 3 is 2.25 bits per heavy atom. The number of nitrogen functional groups attached to an aromatic ring is 1. The summed E-state index contributed by atoms with van der Waals surface area (Å²) >= 11 is 0. The maximum absolute atomic E-state index is 12.2. The fourth-order valence-corrected chi connectivity index (χ4v) is 5.71. The topological polar surface area (TPSA) is 120 Å². The summed E-state index contributed by atoms with van der Waals surface area (Å²) in [4.78, 5) is -2.04. The summed E-state index contributed by atoms with van der Waals surface area (Å²) in [6.45, 7) is 0. The maximum Gasteiger partial charge on any atom is 0.171 e. The van der Waals surface area contributed by atoms with E-state index in [2.05, 4.69) is 0 Å². The third kappa shape index (κ3) is 2.04. The standard InChI is InChI=1S/C12H16N2O4S2/c1-19(15,16)11-7-6-8-9(4-3-5-10(8)13)12(11,14)20(2,17)18/h3-7,11H,13-14H2,1-2H3. The van der Waals surface area contributed by atoms with Gasteiger partial charge < -0.3 is 11.5 Å². The number of hydrogen-bond donors (Lipinski definition) is 2. The molecule has 0 fully saturated rings. The lowest BCUT2D eigenvalue weighted by Gasteiger charge is -2.37. The van der Waals surface area contributed by atoms with Crippen LogP contribution < -0.4 is 11.5 Å². The zero-order valence-electron chi connectivity index (χ0n) is 11.1. The average Bonchev–Trinajstić information content (AvgIpc) is 2.27. The van der Waals surface area contributed by atoms with Crippen molar-refractivity contribution in [1.82, 2.24) is 0 Å². The molecule has 0 bridgehead atoms. The molecule has 0 saturated carbocycles. The zero-order valence-corrected chi connectivity index (χ0v) is 12.7. The Labute approximate surface area is 118 Å². The Kier molecular flexibility index (Phi) is 3.23. The van der Waals surface area contributed by atoms with E-state index in [1.54, 1.807) is 12.1 Å². The first-order chi connectivity index (χ1) is 8.99. The van der Waals surface area contributed by atoms with Gasteiger partial charge in [0.15, 0.2) is 24.5 Å². The van der Waals surface area contributed by atoms with E-state index in [-0.39, 0.29) is 5.56 Å². The molecular weight excluding hydrogens is 300 g/mol. The molecule has 1 aromatic rings. The van der Waals surface area contributed by atoms with E-state index >= 15 is 0 Å². The Hall–Kier alpha value is -1.38. The van der Waals surface area contributed by atoms with Crippen molar-refractivity contribution >= 4 is 31.4 Å². The van der Waals surface area contributed by atoms with Gasteiger partial charge in [-0.1, -0.05) is 24.3 Å². The van der Waals surface area contributed by atoms with E-state index in [9.17, 15) is 16.8 Å². The second kappa shape index (κ2) is 4.31. The van der Waals surface area contributed by atoms with Gasteiger partial charge in [0.05, 0.1) is 0 Å². The van der Waals surface area contributed by atoms with Gasteiger partial charge in [0.1, 0.15) is 5.25 Å². The normalized spacial score (nSPS) is 26.2. The van der Waals surface area contributed by atoms with Crippen molar-refractivity contribution in [3.8, 4) is 0 Å². The highest BCUT2D eigenvalue weighted by Crippen LogP contribution is 2.40. The molecule has 0 aliphatic heterocycles. The number of rotatable bonds is 2. The average molecular weight is 316 g/mol. The number of nitrogens with two attached hydrogens (primary N) is 2. The summed E-state index contributed by atoms with van der Waals surface area (Å²) in [5.74, 6) is 0. The lowest BCUT2D eigenvalue weighted by molar-refractivity contribution is 0.517. The third-order valence-corrected chi connectivity index (χ3v) is 6.80. The molecule has 110 valence electrons. The predicted octanol–water partition coefficient (Wildman–Crippen LogP) is -0.135. The van der Waals surface area contributed by atoms with Crippen molar-refractivity contribution in [2.45, 2.75) is 10.1 Å². The molecule has 8 heteroatoms. The lowest BCUT2D eigenvalue weighted by Crippen LogP contribution is -2.57. The second-order valence-electron chi connectivity index (χ2n) is 4.98. The van der Waals surface area contributed by atoms with Gasteiger partial charge in [-0.2, -0.15) is 0 Å². The first kappa shape index (κ1) is 15.0. The molecular formula is C12H16N2O4S2. The minimum atomic E-state index is -3.90. The van der Waals surface area contributed by atoms with E-state index in [1.807, 2.05) is 0 Å². The summed E-state index contributed by atoms with van der Waals surface area (Å²) in [7, 11) is -7.60. The van der Waals surface area contributed by atoms with Crippen LogP contribution in [0, 0.1) is 0 Å². The number of hydrogen-bond acceptors (Lipinski definition) is 6. The molecule has 20 heavy (non-hydrogen) atoms. The summed E-state index contributed by atoms with van der Waals surface area (Å²) in [6.07, 6.45) is 4.69. The van der Waals surface area contributed by atoms with Crippen molar-refractivity contribution in [2.75, 3.05) is 18.2 Å². The number of anilines is 1. The maximum atomic E-state index is 12.2. The van der Waals surface area contributed by atoms with Crippen LogP contribution in [-0.4, -0.2) is 34.6 Å². The zero-order chi connectivity index (χ0) is 15.3. The molecule has 0 spiro atoms. The molecule has 0 amide bonds. The van der Waals surface area contributed by atoms with Crippen LogP contribution in [0.15, 0.2) is 24.3 Å². The number of benzene rings is 1. The molecule has 2 rings (SSSR count). The van der Waals surface area contributed by atoms with Crippen LogP contribution in [-0.2, 0) is 24.5 Å². The van der Waals surface area contributed by atoms with Crippen LogP contribution >= 0.6 is 0 Å². The van der Waals surface area contributed by atoms with E-state index in [0.717, 1.165) is 12.5 Å². The number of fused-ring (bicyclic) bond motifs is 1. The van der Waals surface area contributed by atoms with Crippen LogP contribution in [0.1, 0.15) is 11.1 Å².